The molecule has 9 heteroatoms. The Bertz CT molecular complexity index is 839. The van der Waals surface area contributed by atoms with Gasteiger partial charge in [0.05, 0.1) is 6.04 Å². The number of anilines is 1. The summed E-state index contributed by atoms with van der Waals surface area (Å²) in [5.74, 6) is 0.382. The van der Waals surface area contributed by atoms with Crippen LogP contribution >= 0.6 is 11.3 Å². The Morgan fingerprint density at radius 3 is 2.78 bits per heavy atom. The third-order valence-electron chi connectivity index (χ3n) is 3.11. The number of nitrogens with zero attached hydrogens (tertiary/aromatic N) is 6. The van der Waals surface area contributed by atoms with Gasteiger partial charge in [0, 0.05) is 11.1 Å². The smallest absolute Gasteiger partial charge is 0.257 e. The Balaban J connectivity index is 1.87. The molecule has 0 bridgehead atoms. The number of nitrogens with one attached hydrogen (secondary N) is 1. The lowest BCUT2D eigenvalue weighted by Crippen LogP contribution is -2.12. The quantitative estimate of drug-likeness (QED) is 0.789. The van der Waals surface area contributed by atoms with Crippen LogP contribution < -0.4 is 5.32 Å². The van der Waals surface area contributed by atoms with Crippen LogP contribution in [0.1, 0.15) is 35.3 Å². The number of rotatable bonds is 4. The Kier molecular flexibility index (Phi) is 4.11. The van der Waals surface area contributed by atoms with Crippen LogP contribution in [-0.2, 0) is 0 Å². The van der Waals surface area contributed by atoms with Gasteiger partial charge in [-0.25, -0.2) is 4.68 Å². The molecule has 0 saturated carbocycles. The maximum Gasteiger partial charge on any atom is 0.257 e. The molecule has 1 aromatic carbocycles. The first-order chi connectivity index (χ1) is 11.0. The third kappa shape index (κ3) is 3.24. The second-order valence-electron chi connectivity index (χ2n) is 5.20. The van der Waals surface area contributed by atoms with Gasteiger partial charge in [-0.05, 0) is 43.3 Å². The van der Waals surface area contributed by atoms with Crippen LogP contribution in [0, 0.1) is 6.92 Å². The molecule has 0 atom stereocenters. The van der Waals surface area contributed by atoms with Crippen LogP contribution in [0.2, 0.25) is 0 Å². The summed E-state index contributed by atoms with van der Waals surface area (Å²) in [5, 5.41) is 23.5. The van der Waals surface area contributed by atoms with Crippen molar-refractivity contribution in [3.05, 3.63) is 34.8 Å². The number of aryl methyl sites for hydroxylation is 1. The molecule has 0 unspecified atom stereocenters. The van der Waals surface area contributed by atoms with Gasteiger partial charge in [0.15, 0.2) is 5.82 Å². The van der Waals surface area contributed by atoms with Gasteiger partial charge in [0.2, 0.25) is 5.13 Å². The second-order valence-corrected chi connectivity index (χ2v) is 6.38. The van der Waals surface area contributed by atoms with Crippen molar-refractivity contribution in [2.45, 2.75) is 26.8 Å². The maximum absolute atomic E-state index is 12.3. The van der Waals surface area contributed by atoms with E-state index in [1.807, 2.05) is 26.8 Å². The molecular weight excluding hydrogens is 314 g/mol. The Morgan fingerprint density at radius 1 is 1.26 bits per heavy atom. The van der Waals surface area contributed by atoms with Crippen LogP contribution in [0.5, 0.6) is 0 Å². The minimum absolute atomic E-state index is 0.127. The Morgan fingerprint density at radius 2 is 2.09 bits per heavy atom. The van der Waals surface area contributed by atoms with Crippen molar-refractivity contribution in [1.29, 1.82) is 0 Å². The van der Waals surface area contributed by atoms with Crippen molar-refractivity contribution in [2.24, 2.45) is 0 Å². The zero-order chi connectivity index (χ0) is 16.4. The van der Waals surface area contributed by atoms with Crippen molar-refractivity contribution in [2.75, 3.05) is 5.32 Å². The van der Waals surface area contributed by atoms with Crippen molar-refractivity contribution >= 4 is 22.4 Å². The molecule has 8 nitrogen and oxygen atoms in total. The molecule has 0 aliphatic carbocycles. The summed E-state index contributed by atoms with van der Waals surface area (Å²) in [6.07, 6.45) is 0. The van der Waals surface area contributed by atoms with Gasteiger partial charge in [-0.2, -0.15) is 0 Å². The van der Waals surface area contributed by atoms with E-state index in [1.54, 1.807) is 22.9 Å². The number of benzene rings is 1. The topological polar surface area (TPSA) is 98.5 Å². The number of hydrogen-bond donors (Lipinski definition) is 1. The predicted molar refractivity (Wildman–Crippen MR) is 86.2 cm³/mol. The highest BCUT2D eigenvalue weighted by Crippen LogP contribution is 2.21. The third-order valence-corrected chi connectivity index (χ3v) is 3.87. The molecule has 1 amide bonds. The van der Waals surface area contributed by atoms with Crippen LogP contribution in [0.3, 0.4) is 0 Å². The van der Waals surface area contributed by atoms with E-state index < -0.39 is 0 Å². The van der Waals surface area contributed by atoms with Gasteiger partial charge in [-0.1, -0.05) is 23.5 Å². The zero-order valence-electron chi connectivity index (χ0n) is 12.9. The number of carbonyl (C=O) groups excluding carboxylic acids is 1. The molecule has 0 spiro atoms. The van der Waals surface area contributed by atoms with E-state index in [1.165, 1.54) is 11.3 Å². The summed E-state index contributed by atoms with van der Waals surface area (Å²) in [6, 6.07) is 7.29. The van der Waals surface area contributed by atoms with Crippen LogP contribution in [0.25, 0.3) is 11.4 Å². The molecule has 0 saturated heterocycles. The molecule has 23 heavy (non-hydrogen) atoms. The summed E-state index contributed by atoms with van der Waals surface area (Å²) >= 11 is 1.33. The van der Waals surface area contributed by atoms with E-state index in [4.69, 9.17) is 0 Å². The standard InChI is InChI=1S/C14H15N7OS/c1-8(2)21-12(17-19-20-21)10-5-4-6-11(7-10)13(22)15-14-18-16-9(3)23-14/h4-8H,1-3H3,(H,15,18,22). The molecule has 3 rings (SSSR count). The molecule has 0 aliphatic heterocycles. The lowest BCUT2D eigenvalue weighted by atomic mass is 10.1. The van der Waals surface area contributed by atoms with Crippen molar-refractivity contribution in [1.82, 2.24) is 30.4 Å². The number of carbonyl (C=O) groups is 1. The molecule has 118 valence electrons. The second kappa shape index (κ2) is 6.21. The fourth-order valence-electron chi connectivity index (χ4n) is 2.05. The normalized spacial score (nSPS) is 11.0. The van der Waals surface area contributed by atoms with Gasteiger partial charge in [-0.3, -0.25) is 10.1 Å². The van der Waals surface area contributed by atoms with E-state index in [0.29, 0.717) is 16.5 Å². The molecule has 0 fully saturated rings. The highest BCUT2D eigenvalue weighted by Gasteiger charge is 2.14. The van der Waals surface area contributed by atoms with E-state index >= 15 is 0 Å². The number of hydrogen-bond acceptors (Lipinski definition) is 7. The highest BCUT2D eigenvalue weighted by molar-refractivity contribution is 7.15. The van der Waals surface area contributed by atoms with Crippen LogP contribution in [-0.4, -0.2) is 36.3 Å². The minimum atomic E-state index is -0.244. The number of tetrazole rings is 1. The average molecular weight is 329 g/mol. The van der Waals surface area contributed by atoms with Crippen molar-refractivity contribution in [3.63, 3.8) is 0 Å². The van der Waals surface area contributed by atoms with Crippen LogP contribution in [0.4, 0.5) is 5.13 Å². The van der Waals surface area contributed by atoms with Gasteiger partial charge in [0.25, 0.3) is 5.91 Å². The molecule has 0 radical (unpaired) electrons. The van der Waals surface area contributed by atoms with E-state index in [9.17, 15) is 4.79 Å². The minimum Gasteiger partial charge on any atom is -0.296 e. The Labute approximate surface area is 136 Å². The largest absolute Gasteiger partial charge is 0.296 e. The summed E-state index contributed by atoms with van der Waals surface area (Å²) in [5.41, 5.74) is 1.29. The lowest BCUT2D eigenvalue weighted by Gasteiger charge is -2.08. The van der Waals surface area contributed by atoms with Crippen LogP contribution in [0.15, 0.2) is 24.3 Å². The van der Waals surface area contributed by atoms with E-state index in [-0.39, 0.29) is 11.9 Å². The van der Waals surface area contributed by atoms with Gasteiger partial charge >= 0.3 is 0 Å². The predicted octanol–water partition coefficient (Wildman–Crippen LogP) is 2.33. The molecule has 0 aliphatic rings. The molecule has 2 aromatic heterocycles. The van der Waals surface area contributed by atoms with Gasteiger partial charge in [-0.15, -0.1) is 15.3 Å². The zero-order valence-corrected chi connectivity index (χ0v) is 13.7. The highest BCUT2D eigenvalue weighted by atomic mass is 32.1. The lowest BCUT2D eigenvalue weighted by molar-refractivity contribution is 0.102. The van der Waals surface area contributed by atoms with Crippen molar-refractivity contribution < 1.29 is 4.79 Å². The number of aromatic nitrogens is 6. The average Bonchev–Trinajstić information content (AvgIpc) is 3.16. The molecule has 3 aromatic rings. The monoisotopic (exact) mass is 329 g/mol. The SMILES string of the molecule is Cc1nnc(NC(=O)c2cccc(-c3nnnn3C(C)C)c2)s1. The molecular formula is C14H15N7OS. The fraction of sp³-hybridized carbons (Fsp3) is 0.286. The first kappa shape index (κ1) is 15.2. The summed E-state index contributed by atoms with van der Waals surface area (Å²) < 4.78 is 1.71. The van der Waals surface area contributed by atoms with Gasteiger partial charge in [0.1, 0.15) is 5.01 Å². The fourth-order valence-corrected chi connectivity index (χ4v) is 2.63. The summed E-state index contributed by atoms with van der Waals surface area (Å²) in [7, 11) is 0. The maximum atomic E-state index is 12.3. The summed E-state index contributed by atoms with van der Waals surface area (Å²) in [6.45, 7) is 5.82. The van der Waals surface area contributed by atoms with Crippen molar-refractivity contribution in [3.8, 4) is 11.4 Å². The summed E-state index contributed by atoms with van der Waals surface area (Å²) in [4.78, 5) is 12.3. The number of amides is 1. The first-order valence-electron chi connectivity index (χ1n) is 7.04. The Hall–Kier alpha value is -2.68. The molecule has 1 N–H and O–H groups in total. The first-order valence-corrected chi connectivity index (χ1v) is 7.86. The van der Waals surface area contributed by atoms with E-state index in [0.717, 1.165) is 10.6 Å². The van der Waals surface area contributed by atoms with Gasteiger partial charge < -0.3 is 0 Å². The van der Waals surface area contributed by atoms with E-state index in [2.05, 4.69) is 31.0 Å². The molecule has 2 heterocycles.